The summed E-state index contributed by atoms with van der Waals surface area (Å²) in [5, 5.41) is 2.82. The molecule has 0 aliphatic rings. The van der Waals surface area contributed by atoms with Gasteiger partial charge in [-0.2, -0.15) is 0 Å². The van der Waals surface area contributed by atoms with Gasteiger partial charge in [0.05, 0.1) is 15.7 Å². The second-order valence-corrected chi connectivity index (χ2v) is 4.55. The van der Waals surface area contributed by atoms with Crippen molar-refractivity contribution in [1.29, 1.82) is 0 Å². The summed E-state index contributed by atoms with van der Waals surface area (Å²) in [6, 6.07) is 5.70. The Morgan fingerprint density at radius 1 is 1.59 bits per heavy atom. The van der Waals surface area contributed by atoms with Crippen molar-refractivity contribution in [3.05, 3.63) is 23.7 Å². The Kier molecular flexibility index (Phi) is 4.86. The number of rotatable bonds is 3. The van der Waals surface area contributed by atoms with Crippen molar-refractivity contribution in [1.82, 2.24) is 4.98 Å². The van der Waals surface area contributed by atoms with Crippen LogP contribution in [0.3, 0.4) is 0 Å². The third kappa shape index (κ3) is 3.15. The Morgan fingerprint density at radius 2 is 2.35 bits per heavy atom. The first-order chi connectivity index (χ1) is 7.70. The lowest BCUT2D eigenvalue weighted by atomic mass is 10.1. The maximum absolute atomic E-state index is 11.6. The summed E-state index contributed by atoms with van der Waals surface area (Å²) in [6.45, 7) is 2.15. The number of fused-ring (bicyclic) bond motifs is 1. The number of hydrogen-bond donors (Lipinski definition) is 2. The van der Waals surface area contributed by atoms with Crippen molar-refractivity contribution in [2.24, 2.45) is 11.7 Å². The Hall–Kier alpha value is -1.17. The zero-order valence-corrected chi connectivity index (χ0v) is 11.0. The molecule has 1 aromatic carbocycles. The van der Waals surface area contributed by atoms with E-state index < -0.39 is 0 Å². The van der Waals surface area contributed by atoms with Crippen molar-refractivity contribution >= 4 is 45.6 Å². The van der Waals surface area contributed by atoms with Gasteiger partial charge >= 0.3 is 0 Å². The molecule has 4 nitrogen and oxygen atoms in total. The van der Waals surface area contributed by atoms with Gasteiger partial charge in [0, 0.05) is 18.2 Å². The average molecular weight is 272 g/mol. The van der Waals surface area contributed by atoms with Crippen LogP contribution in [-0.4, -0.2) is 17.4 Å². The zero-order chi connectivity index (χ0) is 11.5. The van der Waals surface area contributed by atoms with Crippen LogP contribution < -0.4 is 11.1 Å². The van der Waals surface area contributed by atoms with Crippen molar-refractivity contribution in [2.45, 2.75) is 6.92 Å². The van der Waals surface area contributed by atoms with E-state index in [9.17, 15) is 4.79 Å². The fourth-order valence-electron chi connectivity index (χ4n) is 1.31. The first-order valence-corrected chi connectivity index (χ1v) is 5.93. The van der Waals surface area contributed by atoms with Gasteiger partial charge in [-0.15, -0.1) is 23.7 Å². The standard InChI is InChI=1S/C11H13N3OS.ClH/c1-7(5-12)11(15)14-8-2-3-10-9(4-8)13-6-16-10;/h2-4,6-7H,5,12H2,1H3,(H,14,15);1H. The maximum atomic E-state index is 11.6. The minimum Gasteiger partial charge on any atom is -0.330 e. The summed E-state index contributed by atoms with van der Waals surface area (Å²) >= 11 is 1.58. The summed E-state index contributed by atoms with van der Waals surface area (Å²) in [7, 11) is 0. The molecule has 1 unspecified atom stereocenters. The molecule has 2 rings (SSSR count). The highest BCUT2D eigenvalue weighted by Gasteiger charge is 2.11. The lowest BCUT2D eigenvalue weighted by molar-refractivity contribution is -0.119. The number of carbonyl (C=O) groups excluding carboxylic acids is 1. The lowest BCUT2D eigenvalue weighted by Gasteiger charge is -2.09. The minimum atomic E-state index is -0.175. The highest BCUT2D eigenvalue weighted by Crippen LogP contribution is 2.21. The number of thiazole rings is 1. The number of nitrogens with two attached hydrogens (primary N) is 1. The molecule has 0 radical (unpaired) electrons. The Labute approximate surface area is 110 Å². The van der Waals surface area contributed by atoms with E-state index in [4.69, 9.17) is 5.73 Å². The van der Waals surface area contributed by atoms with Crippen LogP contribution in [0, 0.1) is 5.92 Å². The predicted octanol–water partition coefficient (Wildman–Crippen LogP) is 2.25. The number of hydrogen-bond acceptors (Lipinski definition) is 4. The molecule has 1 atom stereocenters. The van der Waals surface area contributed by atoms with Gasteiger partial charge in [0.25, 0.3) is 0 Å². The summed E-state index contributed by atoms with van der Waals surface area (Å²) in [6.07, 6.45) is 0. The molecule has 0 aliphatic heterocycles. The molecule has 0 bridgehead atoms. The third-order valence-corrected chi connectivity index (χ3v) is 3.21. The smallest absolute Gasteiger partial charge is 0.228 e. The lowest BCUT2D eigenvalue weighted by Crippen LogP contribution is -2.26. The fraction of sp³-hybridized carbons (Fsp3) is 0.273. The molecule has 6 heteroatoms. The number of nitrogens with zero attached hydrogens (tertiary/aromatic N) is 1. The summed E-state index contributed by atoms with van der Waals surface area (Å²) in [5.41, 5.74) is 8.89. The highest BCUT2D eigenvalue weighted by molar-refractivity contribution is 7.16. The average Bonchev–Trinajstić information content (AvgIpc) is 2.75. The first-order valence-electron chi connectivity index (χ1n) is 5.05. The predicted molar refractivity (Wildman–Crippen MR) is 73.7 cm³/mol. The molecule has 0 saturated heterocycles. The van der Waals surface area contributed by atoms with E-state index in [-0.39, 0.29) is 24.2 Å². The number of halogens is 1. The molecule has 17 heavy (non-hydrogen) atoms. The second kappa shape index (κ2) is 5.95. The largest absolute Gasteiger partial charge is 0.330 e. The SMILES string of the molecule is CC(CN)C(=O)Nc1ccc2scnc2c1.Cl. The van der Waals surface area contributed by atoms with E-state index in [1.165, 1.54) is 0 Å². The van der Waals surface area contributed by atoms with Gasteiger partial charge in [0.1, 0.15) is 0 Å². The number of amides is 1. The van der Waals surface area contributed by atoms with Crippen molar-refractivity contribution in [3.63, 3.8) is 0 Å². The highest BCUT2D eigenvalue weighted by atomic mass is 35.5. The van der Waals surface area contributed by atoms with Crippen LogP contribution in [0.2, 0.25) is 0 Å². The summed E-state index contributed by atoms with van der Waals surface area (Å²) in [4.78, 5) is 15.8. The first kappa shape index (κ1) is 13.9. The number of benzene rings is 1. The van der Waals surface area contributed by atoms with Gasteiger partial charge < -0.3 is 11.1 Å². The van der Waals surface area contributed by atoms with E-state index >= 15 is 0 Å². The summed E-state index contributed by atoms with van der Waals surface area (Å²) < 4.78 is 1.12. The topological polar surface area (TPSA) is 68.0 Å². The molecule has 1 amide bonds. The molecule has 1 heterocycles. The monoisotopic (exact) mass is 271 g/mol. The third-order valence-electron chi connectivity index (χ3n) is 2.40. The van der Waals surface area contributed by atoms with Crippen LogP contribution >= 0.6 is 23.7 Å². The van der Waals surface area contributed by atoms with Gasteiger partial charge in [-0.05, 0) is 18.2 Å². The minimum absolute atomic E-state index is 0. The molecule has 0 spiro atoms. The molecule has 3 N–H and O–H groups in total. The van der Waals surface area contributed by atoms with Gasteiger partial charge in [-0.3, -0.25) is 4.79 Å². The molecule has 2 aromatic rings. The van der Waals surface area contributed by atoms with Crippen molar-refractivity contribution < 1.29 is 4.79 Å². The normalized spacial score (nSPS) is 11.9. The maximum Gasteiger partial charge on any atom is 0.228 e. The fourth-order valence-corrected chi connectivity index (χ4v) is 1.97. The van der Waals surface area contributed by atoms with Crippen LogP contribution in [0.1, 0.15) is 6.92 Å². The number of anilines is 1. The molecule has 0 aliphatic carbocycles. The Balaban J connectivity index is 0.00000144. The van der Waals surface area contributed by atoms with Crippen molar-refractivity contribution in [2.75, 3.05) is 11.9 Å². The van der Waals surface area contributed by atoms with E-state index in [1.807, 2.05) is 18.2 Å². The number of aromatic nitrogens is 1. The van der Waals surface area contributed by atoms with E-state index in [0.717, 1.165) is 15.9 Å². The van der Waals surface area contributed by atoms with Gasteiger partial charge in [0.2, 0.25) is 5.91 Å². The van der Waals surface area contributed by atoms with Gasteiger partial charge in [-0.1, -0.05) is 6.92 Å². The molecule has 92 valence electrons. The van der Waals surface area contributed by atoms with Gasteiger partial charge in [0.15, 0.2) is 0 Å². The summed E-state index contributed by atoms with van der Waals surface area (Å²) in [5.74, 6) is -0.233. The van der Waals surface area contributed by atoms with Crippen LogP contribution in [0.4, 0.5) is 5.69 Å². The van der Waals surface area contributed by atoms with Crippen molar-refractivity contribution in [3.8, 4) is 0 Å². The Morgan fingerprint density at radius 3 is 3.06 bits per heavy atom. The van der Waals surface area contributed by atoms with Crippen LogP contribution in [0.25, 0.3) is 10.2 Å². The number of carbonyl (C=O) groups is 1. The zero-order valence-electron chi connectivity index (χ0n) is 9.34. The van der Waals surface area contributed by atoms with Crippen LogP contribution in [0.15, 0.2) is 23.7 Å². The van der Waals surface area contributed by atoms with Crippen LogP contribution in [0.5, 0.6) is 0 Å². The molecular weight excluding hydrogens is 258 g/mol. The van der Waals surface area contributed by atoms with Gasteiger partial charge in [-0.25, -0.2) is 4.98 Å². The van der Waals surface area contributed by atoms with Crippen LogP contribution in [-0.2, 0) is 4.79 Å². The molecule has 1 aromatic heterocycles. The Bertz CT molecular complexity index is 514. The van der Waals surface area contributed by atoms with E-state index in [1.54, 1.807) is 23.8 Å². The quantitative estimate of drug-likeness (QED) is 0.900. The van der Waals surface area contributed by atoms with E-state index in [2.05, 4.69) is 10.3 Å². The molecular formula is C11H14ClN3OS. The number of nitrogens with one attached hydrogen (secondary N) is 1. The molecule has 0 fully saturated rings. The molecule has 0 saturated carbocycles. The second-order valence-electron chi connectivity index (χ2n) is 3.66. The van der Waals surface area contributed by atoms with E-state index in [0.29, 0.717) is 6.54 Å².